The normalized spacial score (nSPS) is 10.4. The number of benzene rings is 1. The van der Waals surface area contributed by atoms with Gasteiger partial charge in [0.2, 0.25) is 0 Å². The van der Waals surface area contributed by atoms with Crippen molar-refractivity contribution in [1.82, 2.24) is 0 Å². The number of rotatable bonds is 3. The van der Waals surface area contributed by atoms with Crippen molar-refractivity contribution in [3.05, 3.63) is 45.1 Å². The summed E-state index contributed by atoms with van der Waals surface area (Å²) in [5.41, 5.74) is 8.98. The molecule has 84 valence electrons. The minimum Gasteiger partial charge on any atom is -0.399 e. The molecule has 2 N–H and O–H groups in total. The fourth-order valence-electron chi connectivity index (χ4n) is 1.57. The molecule has 0 aliphatic carbocycles. The van der Waals surface area contributed by atoms with E-state index in [2.05, 4.69) is 44.7 Å². The van der Waals surface area contributed by atoms with Crippen LogP contribution in [0.4, 0.5) is 11.4 Å². The van der Waals surface area contributed by atoms with Crippen LogP contribution in [-0.4, -0.2) is 7.05 Å². The van der Waals surface area contributed by atoms with Gasteiger partial charge in [-0.1, -0.05) is 0 Å². The van der Waals surface area contributed by atoms with E-state index in [0.717, 1.165) is 22.4 Å². The second kappa shape index (κ2) is 4.89. The molecule has 0 atom stereocenters. The lowest BCUT2D eigenvalue weighted by Crippen LogP contribution is -2.16. The molecule has 1 aromatic carbocycles. The van der Waals surface area contributed by atoms with Crippen LogP contribution in [0.5, 0.6) is 0 Å². The first-order chi connectivity index (χ1) is 7.66. The van der Waals surface area contributed by atoms with Gasteiger partial charge in [0.1, 0.15) is 0 Å². The molecule has 0 saturated heterocycles. The summed E-state index contributed by atoms with van der Waals surface area (Å²) in [4.78, 5) is 2.20. The van der Waals surface area contributed by atoms with Gasteiger partial charge >= 0.3 is 0 Å². The molecule has 1 heterocycles. The highest BCUT2D eigenvalue weighted by Crippen LogP contribution is 2.28. The number of hydrogen-bond donors (Lipinski definition) is 1. The molecule has 0 bridgehead atoms. The lowest BCUT2D eigenvalue weighted by atomic mass is 10.2. The lowest BCUT2D eigenvalue weighted by molar-refractivity contribution is 0.925. The Labute approximate surface area is 108 Å². The summed E-state index contributed by atoms with van der Waals surface area (Å²) < 4.78 is 1.03. The van der Waals surface area contributed by atoms with Crippen molar-refractivity contribution in [2.75, 3.05) is 17.7 Å². The van der Waals surface area contributed by atoms with Crippen LogP contribution < -0.4 is 10.6 Å². The highest BCUT2D eigenvalue weighted by atomic mass is 79.9. The molecule has 16 heavy (non-hydrogen) atoms. The minimum absolute atomic E-state index is 0.777. The quantitative estimate of drug-likeness (QED) is 0.875. The summed E-state index contributed by atoms with van der Waals surface area (Å²) in [7, 11) is 2.08. The van der Waals surface area contributed by atoms with Crippen molar-refractivity contribution >= 4 is 38.6 Å². The van der Waals surface area contributed by atoms with Crippen molar-refractivity contribution < 1.29 is 0 Å². The zero-order chi connectivity index (χ0) is 11.5. The number of hydrogen-bond acceptors (Lipinski definition) is 3. The summed E-state index contributed by atoms with van der Waals surface area (Å²) >= 11 is 5.26. The van der Waals surface area contributed by atoms with Crippen LogP contribution in [0.1, 0.15) is 5.56 Å². The van der Waals surface area contributed by atoms with Crippen LogP contribution in [0.3, 0.4) is 0 Å². The molecule has 4 heteroatoms. The smallest absolute Gasteiger partial charge is 0.0512 e. The third kappa shape index (κ3) is 2.57. The summed E-state index contributed by atoms with van der Waals surface area (Å²) in [6, 6.07) is 8.03. The van der Waals surface area contributed by atoms with Crippen molar-refractivity contribution in [3.63, 3.8) is 0 Å². The Kier molecular flexibility index (Phi) is 3.51. The predicted octanol–water partition coefficient (Wildman–Crippen LogP) is 3.73. The second-order valence-corrected chi connectivity index (χ2v) is 5.33. The molecule has 0 radical (unpaired) electrons. The molecular weight excluding hydrogens is 284 g/mol. The molecule has 2 nitrogen and oxygen atoms in total. The average molecular weight is 297 g/mol. The maximum absolute atomic E-state index is 5.72. The summed E-state index contributed by atoms with van der Waals surface area (Å²) in [5, 5.41) is 4.27. The van der Waals surface area contributed by atoms with Crippen molar-refractivity contribution in [1.29, 1.82) is 0 Å². The van der Waals surface area contributed by atoms with Gasteiger partial charge in [0.15, 0.2) is 0 Å². The number of anilines is 2. The van der Waals surface area contributed by atoms with E-state index in [1.165, 1.54) is 5.56 Å². The Morgan fingerprint density at radius 2 is 2.19 bits per heavy atom. The highest BCUT2D eigenvalue weighted by Gasteiger charge is 2.06. The highest BCUT2D eigenvalue weighted by molar-refractivity contribution is 9.10. The number of halogens is 1. The van der Waals surface area contributed by atoms with Crippen molar-refractivity contribution in [3.8, 4) is 0 Å². The van der Waals surface area contributed by atoms with Crippen LogP contribution in [0.15, 0.2) is 39.5 Å². The molecule has 0 aliphatic rings. The van der Waals surface area contributed by atoms with E-state index < -0.39 is 0 Å². The molecule has 0 spiro atoms. The van der Waals surface area contributed by atoms with Gasteiger partial charge in [-0.05, 0) is 56.5 Å². The van der Waals surface area contributed by atoms with Gasteiger partial charge in [0.25, 0.3) is 0 Å². The fourth-order valence-corrected chi connectivity index (χ4v) is 2.93. The first-order valence-electron chi connectivity index (χ1n) is 4.94. The van der Waals surface area contributed by atoms with Crippen LogP contribution in [0.25, 0.3) is 0 Å². The molecular formula is C12H13BrN2S. The molecule has 0 unspecified atom stereocenters. The summed E-state index contributed by atoms with van der Waals surface area (Å²) in [6.45, 7) is 0.909. The number of nitrogens with zero attached hydrogens (tertiary/aromatic N) is 1. The summed E-state index contributed by atoms with van der Waals surface area (Å²) in [6.07, 6.45) is 0. The predicted molar refractivity (Wildman–Crippen MR) is 75.0 cm³/mol. The Morgan fingerprint density at radius 1 is 1.38 bits per heavy atom. The molecule has 1 aromatic heterocycles. The molecule has 0 fully saturated rings. The number of nitrogen functional groups attached to an aromatic ring is 1. The topological polar surface area (TPSA) is 29.3 Å². The molecule has 2 rings (SSSR count). The Balaban J connectivity index is 2.17. The third-order valence-electron chi connectivity index (χ3n) is 2.38. The maximum atomic E-state index is 5.72. The third-order valence-corrected chi connectivity index (χ3v) is 3.75. The van der Waals surface area contributed by atoms with Gasteiger partial charge in [-0.3, -0.25) is 0 Å². The van der Waals surface area contributed by atoms with Gasteiger partial charge in [0.05, 0.1) is 5.69 Å². The molecule has 2 aromatic rings. The van der Waals surface area contributed by atoms with Crippen LogP contribution in [0.2, 0.25) is 0 Å². The second-order valence-electron chi connectivity index (χ2n) is 3.70. The fraction of sp³-hybridized carbons (Fsp3) is 0.167. The zero-order valence-corrected chi connectivity index (χ0v) is 11.4. The summed E-state index contributed by atoms with van der Waals surface area (Å²) in [5.74, 6) is 0. The van der Waals surface area contributed by atoms with Crippen LogP contribution in [-0.2, 0) is 6.54 Å². The van der Waals surface area contributed by atoms with Gasteiger partial charge < -0.3 is 10.6 Å². The van der Waals surface area contributed by atoms with Crippen molar-refractivity contribution in [2.45, 2.75) is 6.54 Å². The lowest BCUT2D eigenvalue weighted by Gasteiger charge is -2.20. The largest absolute Gasteiger partial charge is 0.399 e. The van der Waals surface area contributed by atoms with E-state index in [1.807, 2.05) is 18.2 Å². The Bertz CT molecular complexity index is 468. The van der Waals surface area contributed by atoms with E-state index in [0.29, 0.717) is 0 Å². The zero-order valence-electron chi connectivity index (χ0n) is 8.98. The van der Waals surface area contributed by atoms with E-state index in [-0.39, 0.29) is 0 Å². The Hall–Kier alpha value is -1.00. The average Bonchev–Trinajstić information content (AvgIpc) is 2.70. The van der Waals surface area contributed by atoms with Gasteiger partial charge in [-0.25, -0.2) is 0 Å². The number of nitrogens with two attached hydrogens (primary N) is 1. The Morgan fingerprint density at radius 3 is 2.81 bits per heavy atom. The molecule has 0 aliphatic heterocycles. The first kappa shape index (κ1) is 11.5. The SMILES string of the molecule is CN(Cc1ccsc1)c1ccc(N)cc1Br. The first-order valence-corrected chi connectivity index (χ1v) is 6.67. The van der Waals surface area contributed by atoms with Crippen LogP contribution in [0, 0.1) is 0 Å². The molecule has 0 saturated carbocycles. The van der Waals surface area contributed by atoms with E-state index in [9.17, 15) is 0 Å². The van der Waals surface area contributed by atoms with Crippen molar-refractivity contribution in [2.24, 2.45) is 0 Å². The maximum Gasteiger partial charge on any atom is 0.0512 e. The van der Waals surface area contributed by atoms with Gasteiger partial charge in [0, 0.05) is 23.8 Å². The van der Waals surface area contributed by atoms with E-state index >= 15 is 0 Å². The monoisotopic (exact) mass is 296 g/mol. The van der Waals surface area contributed by atoms with Gasteiger partial charge in [-0.15, -0.1) is 0 Å². The standard InChI is InChI=1S/C12H13BrN2S/c1-15(7-9-4-5-16-8-9)12-3-2-10(14)6-11(12)13/h2-6,8H,7,14H2,1H3. The molecule has 0 amide bonds. The number of thiophene rings is 1. The van der Waals surface area contributed by atoms with E-state index in [4.69, 9.17) is 5.73 Å². The van der Waals surface area contributed by atoms with Crippen LogP contribution >= 0.6 is 27.3 Å². The minimum atomic E-state index is 0.777. The van der Waals surface area contributed by atoms with Gasteiger partial charge in [-0.2, -0.15) is 11.3 Å². The van der Waals surface area contributed by atoms with E-state index in [1.54, 1.807) is 11.3 Å².